The number of anilines is 2. The third-order valence-electron chi connectivity index (χ3n) is 6.43. The largest absolute Gasteiger partial charge is 0.416 e. The standard InChI is InChI=1S/C28H23F4N5O3/c1-14-5-6-17(35-27(39)15-3-2-4-16(9-15)28(30,31)32)10-20(14)19-7-8-21-24(25(19)29)26(33)37-22(36-21)11-23(38)34-18-12-40-13-18/h2-10,18H,11-13H2,1H3,(H,34,38)(H,35,39)(H2,33,36,37). The van der Waals surface area contributed by atoms with Gasteiger partial charge in [0.25, 0.3) is 5.91 Å². The van der Waals surface area contributed by atoms with Crippen molar-refractivity contribution < 1.29 is 31.9 Å². The van der Waals surface area contributed by atoms with E-state index in [0.29, 0.717) is 24.3 Å². The van der Waals surface area contributed by atoms with Crippen LogP contribution in [0.3, 0.4) is 0 Å². The first-order valence-electron chi connectivity index (χ1n) is 12.2. The van der Waals surface area contributed by atoms with Gasteiger partial charge in [-0.2, -0.15) is 13.2 Å². The third kappa shape index (κ3) is 5.57. The second-order valence-electron chi connectivity index (χ2n) is 9.39. The minimum atomic E-state index is -4.59. The van der Waals surface area contributed by atoms with Gasteiger partial charge in [0.1, 0.15) is 17.5 Å². The molecular formula is C28H23F4N5O3. The van der Waals surface area contributed by atoms with Gasteiger partial charge in [0.15, 0.2) is 0 Å². The van der Waals surface area contributed by atoms with E-state index < -0.39 is 23.5 Å². The smallest absolute Gasteiger partial charge is 0.383 e. The Balaban J connectivity index is 1.41. The van der Waals surface area contributed by atoms with E-state index >= 15 is 4.39 Å². The first kappa shape index (κ1) is 27.0. The lowest BCUT2D eigenvalue weighted by Gasteiger charge is -2.26. The maximum Gasteiger partial charge on any atom is 0.416 e. The predicted molar refractivity (Wildman–Crippen MR) is 140 cm³/mol. The number of nitrogen functional groups attached to an aromatic ring is 1. The number of halogens is 4. The first-order valence-corrected chi connectivity index (χ1v) is 12.2. The van der Waals surface area contributed by atoms with Crippen LogP contribution in [0.15, 0.2) is 54.6 Å². The van der Waals surface area contributed by atoms with Crippen LogP contribution >= 0.6 is 0 Å². The van der Waals surface area contributed by atoms with E-state index in [-0.39, 0.29) is 57.7 Å². The number of alkyl halides is 3. The Kier molecular flexibility index (Phi) is 7.11. The zero-order valence-electron chi connectivity index (χ0n) is 21.1. The molecule has 0 radical (unpaired) electrons. The van der Waals surface area contributed by atoms with Gasteiger partial charge < -0.3 is 21.1 Å². The van der Waals surface area contributed by atoms with Crippen molar-refractivity contribution in [2.45, 2.75) is 25.6 Å². The van der Waals surface area contributed by atoms with Gasteiger partial charge in [0.05, 0.1) is 42.1 Å². The fraction of sp³-hybridized carbons (Fsp3) is 0.214. The number of carbonyl (C=O) groups is 2. The number of rotatable bonds is 6. The van der Waals surface area contributed by atoms with E-state index in [1.807, 2.05) is 0 Å². The summed E-state index contributed by atoms with van der Waals surface area (Å²) in [7, 11) is 0. The van der Waals surface area contributed by atoms with Crippen molar-refractivity contribution in [3.05, 3.63) is 82.9 Å². The summed E-state index contributed by atoms with van der Waals surface area (Å²) in [4.78, 5) is 33.3. The summed E-state index contributed by atoms with van der Waals surface area (Å²) in [6.45, 7) is 2.62. The fourth-order valence-electron chi connectivity index (χ4n) is 4.32. The molecule has 40 heavy (non-hydrogen) atoms. The molecule has 1 aliphatic rings. The minimum absolute atomic E-state index is 0.0214. The van der Waals surface area contributed by atoms with Gasteiger partial charge in [-0.05, 0) is 60.5 Å². The number of ether oxygens (including phenoxy) is 1. The lowest BCUT2D eigenvalue weighted by atomic mass is 9.97. The number of nitrogens with two attached hydrogens (primary N) is 1. The van der Waals surface area contributed by atoms with Crippen LogP contribution in [0.1, 0.15) is 27.3 Å². The maximum atomic E-state index is 15.8. The molecular weight excluding hydrogens is 530 g/mol. The number of aromatic nitrogens is 2. The van der Waals surface area contributed by atoms with Crippen LogP contribution in [0.25, 0.3) is 22.0 Å². The van der Waals surface area contributed by atoms with Crippen molar-refractivity contribution in [3.63, 3.8) is 0 Å². The van der Waals surface area contributed by atoms with E-state index in [9.17, 15) is 22.8 Å². The molecule has 4 aromatic rings. The Hall–Kier alpha value is -4.58. The monoisotopic (exact) mass is 553 g/mol. The van der Waals surface area contributed by atoms with E-state index in [4.69, 9.17) is 10.5 Å². The Bertz CT molecular complexity index is 1640. The number of hydrogen-bond acceptors (Lipinski definition) is 6. The number of carbonyl (C=O) groups excluding carboxylic acids is 2. The molecule has 3 aromatic carbocycles. The first-order chi connectivity index (χ1) is 19.0. The van der Waals surface area contributed by atoms with Crippen LogP contribution in [0.5, 0.6) is 0 Å². The van der Waals surface area contributed by atoms with Crippen LogP contribution in [0.2, 0.25) is 0 Å². The van der Waals surface area contributed by atoms with Gasteiger partial charge in [-0.15, -0.1) is 0 Å². The van der Waals surface area contributed by atoms with Crippen molar-refractivity contribution >= 4 is 34.2 Å². The van der Waals surface area contributed by atoms with Gasteiger partial charge in [-0.25, -0.2) is 14.4 Å². The molecule has 1 saturated heterocycles. The molecule has 4 N–H and O–H groups in total. The number of aryl methyl sites for hydroxylation is 1. The van der Waals surface area contributed by atoms with Gasteiger partial charge in [0, 0.05) is 16.8 Å². The molecule has 0 aliphatic carbocycles. The summed E-state index contributed by atoms with van der Waals surface area (Å²) in [5, 5.41) is 5.32. The number of fused-ring (bicyclic) bond motifs is 1. The zero-order valence-corrected chi connectivity index (χ0v) is 21.1. The van der Waals surface area contributed by atoms with Gasteiger partial charge in [0.2, 0.25) is 5.91 Å². The number of amides is 2. The highest BCUT2D eigenvalue weighted by Crippen LogP contribution is 2.34. The Morgan fingerprint density at radius 1 is 1.05 bits per heavy atom. The molecule has 0 spiro atoms. The predicted octanol–water partition coefficient (Wildman–Crippen LogP) is 4.66. The summed E-state index contributed by atoms with van der Waals surface area (Å²) in [6.07, 6.45) is -4.72. The quantitative estimate of drug-likeness (QED) is 0.299. The topological polar surface area (TPSA) is 119 Å². The number of nitrogens with one attached hydrogen (secondary N) is 2. The lowest BCUT2D eigenvalue weighted by Crippen LogP contribution is -2.49. The average molecular weight is 554 g/mol. The van der Waals surface area contributed by atoms with Crippen LogP contribution in [0.4, 0.5) is 29.1 Å². The van der Waals surface area contributed by atoms with Crippen LogP contribution in [-0.4, -0.2) is 41.0 Å². The summed E-state index contributed by atoms with van der Waals surface area (Å²) in [5.74, 6) is -1.74. The van der Waals surface area contributed by atoms with Crippen LogP contribution in [-0.2, 0) is 22.1 Å². The molecule has 0 atom stereocenters. The normalized spacial score (nSPS) is 13.6. The average Bonchev–Trinajstić information content (AvgIpc) is 2.87. The van der Waals surface area contributed by atoms with Crippen LogP contribution < -0.4 is 16.4 Å². The molecule has 2 amide bonds. The van der Waals surface area contributed by atoms with E-state index in [2.05, 4.69) is 20.6 Å². The molecule has 1 aliphatic heterocycles. The summed E-state index contributed by atoms with van der Waals surface area (Å²) < 4.78 is 60.0. The van der Waals surface area contributed by atoms with Crippen molar-refractivity contribution in [1.82, 2.24) is 15.3 Å². The van der Waals surface area contributed by atoms with E-state index in [1.54, 1.807) is 25.1 Å². The number of hydrogen-bond donors (Lipinski definition) is 3. The van der Waals surface area contributed by atoms with E-state index in [0.717, 1.165) is 18.2 Å². The highest BCUT2D eigenvalue weighted by molar-refractivity contribution is 6.05. The van der Waals surface area contributed by atoms with Crippen LogP contribution in [0, 0.1) is 12.7 Å². The summed E-state index contributed by atoms with van der Waals surface area (Å²) >= 11 is 0. The Labute approximate surface area is 225 Å². The van der Waals surface area contributed by atoms with Crippen molar-refractivity contribution in [2.24, 2.45) is 0 Å². The molecule has 8 nitrogen and oxygen atoms in total. The van der Waals surface area contributed by atoms with E-state index in [1.165, 1.54) is 18.2 Å². The maximum absolute atomic E-state index is 15.8. The van der Waals surface area contributed by atoms with Crippen molar-refractivity contribution in [3.8, 4) is 11.1 Å². The Morgan fingerprint density at radius 3 is 2.52 bits per heavy atom. The van der Waals surface area contributed by atoms with Crippen molar-refractivity contribution in [2.75, 3.05) is 24.3 Å². The molecule has 12 heteroatoms. The highest BCUT2D eigenvalue weighted by Gasteiger charge is 2.31. The van der Waals surface area contributed by atoms with Crippen molar-refractivity contribution in [1.29, 1.82) is 0 Å². The lowest BCUT2D eigenvalue weighted by molar-refractivity contribution is -0.137. The zero-order chi connectivity index (χ0) is 28.6. The molecule has 0 saturated carbocycles. The third-order valence-corrected chi connectivity index (χ3v) is 6.43. The molecule has 1 aromatic heterocycles. The Morgan fingerprint density at radius 2 is 1.82 bits per heavy atom. The second-order valence-corrected chi connectivity index (χ2v) is 9.39. The number of benzene rings is 3. The van der Waals surface area contributed by atoms with Gasteiger partial charge in [-0.1, -0.05) is 12.1 Å². The fourth-order valence-corrected chi connectivity index (χ4v) is 4.32. The molecule has 206 valence electrons. The van der Waals surface area contributed by atoms with Gasteiger partial charge >= 0.3 is 6.18 Å². The molecule has 2 heterocycles. The molecule has 0 bridgehead atoms. The molecule has 1 fully saturated rings. The highest BCUT2D eigenvalue weighted by atomic mass is 19.4. The SMILES string of the molecule is Cc1ccc(NC(=O)c2cccc(C(F)(F)F)c2)cc1-c1ccc2nc(CC(=O)NC3COC3)nc(N)c2c1F. The number of nitrogens with zero attached hydrogens (tertiary/aromatic N) is 2. The molecule has 0 unspecified atom stereocenters. The molecule has 5 rings (SSSR count). The summed E-state index contributed by atoms with van der Waals surface area (Å²) in [6, 6.07) is 11.8. The second kappa shape index (κ2) is 10.5. The minimum Gasteiger partial charge on any atom is -0.383 e. The van der Waals surface area contributed by atoms with Gasteiger partial charge in [-0.3, -0.25) is 9.59 Å². The summed E-state index contributed by atoms with van der Waals surface area (Å²) in [5.41, 5.74) is 6.68.